The van der Waals surface area contributed by atoms with Crippen LogP contribution in [0.15, 0.2) is 34.2 Å². The highest BCUT2D eigenvalue weighted by Crippen LogP contribution is 2.14. The van der Waals surface area contributed by atoms with Gasteiger partial charge in [-0.1, -0.05) is 52.8 Å². The normalized spacial score (nSPS) is 11.2. The highest BCUT2D eigenvalue weighted by molar-refractivity contribution is 6.05. The Balaban J connectivity index is 2.40. The summed E-state index contributed by atoms with van der Waals surface area (Å²) in [4.78, 5) is 25.3. The van der Waals surface area contributed by atoms with Crippen LogP contribution in [0.1, 0.15) is 64.4 Å². The minimum atomic E-state index is -0.388. The molecule has 6 heteroatoms. The summed E-state index contributed by atoms with van der Waals surface area (Å²) in [6, 6.07) is 7.08. The van der Waals surface area contributed by atoms with Crippen molar-refractivity contribution in [3.8, 4) is 0 Å². The van der Waals surface area contributed by atoms with Gasteiger partial charge >= 0.3 is 0 Å². The van der Waals surface area contributed by atoms with Gasteiger partial charge in [-0.15, -0.1) is 0 Å². The van der Waals surface area contributed by atoms with Gasteiger partial charge in [-0.2, -0.15) is 10.2 Å². The molecule has 146 valence electrons. The molecule has 1 aromatic heterocycles. The molecule has 0 saturated heterocycles. The predicted molar refractivity (Wildman–Crippen MR) is 110 cm³/mol. The van der Waals surface area contributed by atoms with Crippen LogP contribution in [0.2, 0.25) is 0 Å². The molecule has 2 aromatic rings. The number of fused-ring (bicyclic) bond motifs is 1. The molecule has 27 heavy (non-hydrogen) atoms. The maximum Gasteiger partial charge on any atom is 0.292 e. The fourth-order valence-electron chi connectivity index (χ4n) is 3.07. The van der Waals surface area contributed by atoms with Crippen molar-refractivity contribution in [3.63, 3.8) is 0 Å². The maximum absolute atomic E-state index is 12.8. The van der Waals surface area contributed by atoms with Crippen molar-refractivity contribution in [1.82, 2.24) is 15.2 Å². The van der Waals surface area contributed by atoms with Gasteiger partial charge in [0, 0.05) is 17.6 Å². The van der Waals surface area contributed by atoms with Crippen LogP contribution in [0.4, 0.5) is 0 Å². The van der Waals surface area contributed by atoms with Crippen molar-refractivity contribution in [2.45, 2.75) is 60.4 Å². The van der Waals surface area contributed by atoms with Crippen molar-refractivity contribution in [2.75, 3.05) is 0 Å². The Labute approximate surface area is 160 Å². The molecule has 1 amide bonds. The molecule has 2 rings (SSSR count). The number of aromatic nitrogens is 2. The van der Waals surface area contributed by atoms with E-state index >= 15 is 0 Å². The number of rotatable bonds is 8. The van der Waals surface area contributed by atoms with Gasteiger partial charge < -0.3 is 0 Å². The van der Waals surface area contributed by atoms with E-state index in [1.165, 1.54) is 4.68 Å². The molecular formula is C21H30N4O2. The van der Waals surface area contributed by atoms with E-state index in [1.54, 1.807) is 24.3 Å². The molecule has 0 radical (unpaired) electrons. The van der Waals surface area contributed by atoms with Crippen molar-refractivity contribution in [1.29, 1.82) is 0 Å². The summed E-state index contributed by atoms with van der Waals surface area (Å²) in [5.41, 5.74) is 3.69. The van der Waals surface area contributed by atoms with Crippen LogP contribution < -0.4 is 11.0 Å². The minimum Gasteiger partial charge on any atom is -0.267 e. The zero-order chi connectivity index (χ0) is 20.0. The molecule has 0 fully saturated rings. The fraction of sp³-hybridized carbons (Fsp3) is 0.524. The Hall–Kier alpha value is -2.50. The summed E-state index contributed by atoms with van der Waals surface area (Å²) in [6.45, 7) is 11.0. The number of amides is 1. The molecule has 0 aliphatic carbocycles. The molecular weight excluding hydrogens is 340 g/mol. The molecule has 1 heterocycles. The lowest BCUT2D eigenvalue weighted by Crippen LogP contribution is -2.29. The third kappa shape index (κ3) is 5.49. The van der Waals surface area contributed by atoms with Crippen LogP contribution in [0.25, 0.3) is 10.8 Å². The van der Waals surface area contributed by atoms with Crippen LogP contribution in [-0.2, 0) is 6.54 Å². The lowest BCUT2D eigenvalue weighted by atomic mass is 9.99. The van der Waals surface area contributed by atoms with Crippen LogP contribution in [0.3, 0.4) is 0 Å². The molecule has 1 N–H and O–H groups in total. The Morgan fingerprint density at radius 1 is 1.11 bits per heavy atom. The van der Waals surface area contributed by atoms with E-state index in [-0.39, 0.29) is 17.2 Å². The summed E-state index contributed by atoms with van der Waals surface area (Å²) in [7, 11) is 0. The quantitative estimate of drug-likeness (QED) is 0.564. The van der Waals surface area contributed by atoms with Gasteiger partial charge in [-0.25, -0.2) is 10.1 Å². The number of hydrogen-bond acceptors (Lipinski definition) is 4. The fourth-order valence-corrected chi connectivity index (χ4v) is 3.07. The number of aryl methyl sites for hydroxylation is 1. The first-order chi connectivity index (χ1) is 12.8. The monoisotopic (exact) mass is 370 g/mol. The van der Waals surface area contributed by atoms with E-state index in [0.29, 0.717) is 29.2 Å². The first-order valence-corrected chi connectivity index (χ1v) is 9.69. The lowest BCUT2D eigenvalue weighted by molar-refractivity contribution is 0.0949. The van der Waals surface area contributed by atoms with Gasteiger partial charge in [0.25, 0.3) is 11.5 Å². The third-order valence-electron chi connectivity index (χ3n) is 4.12. The van der Waals surface area contributed by atoms with Crippen LogP contribution in [0, 0.1) is 11.8 Å². The van der Waals surface area contributed by atoms with Crippen molar-refractivity contribution in [3.05, 3.63) is 40.3 Å². The second-order valence-corrected chi connectivity index (χ2v) is 7.74. The Kier molecular flexibility index (Phi) is 7.28. The molecule has 0 spiro atoms. The van der Waals surface area contributed by atoms with Crippen molar-refractivity contribution < 1.29 is 4.79 Å². The zero-order valence-electron chi connectivity index (χ0n) is 17.0. The van der Waals surface area contributed by atoms with Gasteiger partial charge in [0.15, 0.2) is 5.69 Å². The van der Waals surface area contributed by atoms with Crippen LogP contribution in [-0.4, -0.2) is 21.4 Å². The smallest absolute Gasteiger partial charge is 0.267 e. The highest BCUT2D eigenvalue weighted by atomic mass is 16.2. The van der Waals surface area contributed by atoms with E-state index in [0.717, 1.165) is 25.0 Å². The summed E-state index contributed by atoms with van der Waals surface area (Å²) < 4.78 is 1.37. The number of benzene rings is 1. The molecule has 0 aliphatic heterocycles. The Morgan fingerprint density at radius 3 is 2.26 bits per heavy atom. The molecule has 6 nitrogen and oxygen atoms in total. The molecule has 0 atom stereocenters. The first kappa shape index (κ1) is 20.8. The van der Waals surface area contributed by atoms with Gasteiger partial charge in [0.2, 0.25) is 0 Å². The topological polar surface area (TPSA) is 76.3 Å². The molecule has 0 unspecified atom stereocenters. The molecule has 0 saturated carbocycles. The standard InChI is InChI=1S/C21H30N4O2/c1-6-11-25-21(27)18-10-8-7-9-17(18)19(24-25)20(26)23-22-16(12-14(2)3)13-15(4)5/h7-10,14-15H,6,11-13H2,1-5H3,(H,23,26). The summed E-state index contributed by atoms with van der Waals surface area (Å²) in [6.07, 6.45) is 2.43. The first-order valence-electron chi connectivity index (χ1n) is 9.69. The average Bonchev–Trinajstić information content (AvgIpc) is 2.61. The lowest BCUT2D eigenvalue weighted by Gasteiger charge is -2.12. The van der Waals surface area contributed by atoms with Crippen LogP contribution >= 0.6 is 0 Å². The van der Waals surface area contributed by atoms with Crippen molar-refractivity contribution >= 4 is 22.4 Å². The van der Waals surface area contributed by atoms with Gasteiger partial charge in [-0.05, 0) is 37.2 Å². The molecule has 0 aliphatic rings. The van der Waals surface area contributed by atoms with Crippen molar-refractivity contribution in [2.24, 2.45) is 16.9 Å². The molecule has 0 bridgehead atoms. The van der Waals surface area contributed by atoms with E-state index < -0.39 is 0 Å². The second-order valence-electron chi connectivity index (χ2n) is 7.74. The second kappa shape index (κ2) is 9.44. The summed E-state index contributed by atoms with van der Waals surface area (Å²) >= 11 is 0. The average molecular weight is 370 g/mol. The Morgan fingerprint density at radius 2 is 1.70 bits per heavy atom. The Bertz CT molecular complexity index is 869. The number of carbonyl (C=O) groups excluding carboxylic acids is 1. The number of nitrogens with zero attached hydrogens (tertiary/aromatic N) is 3. The van der Waals surface area contributed by atoms with Gasteiger partial charge in [0.1, 0.15) is 0 Å². The SMILES string of the molecule is CCCn1nc(C(=O)NN=C(CC(C)C)CC(C)C)c2ccccc2c1=O. The van der Waals surface area contributed by atoms with E-state index in [1.807, 2.05) is 6.92 Å². The van der Waals surface area contributed by atoms with Gasteiger partial charge in [0.05, 0.1) is 5.39 Å². The van der Waals surface area contributed by atoms with E-state index in [9.17, 15) is 9.59 Å². The van der Waals surface area contributed by atoms with E-state index in [2.05, 4.69) is 43.3 Å². The van der Waals surface area contributed by atoms with E-state index in [4.69, 9.17) is 0 Å². The minimum absolute atomic E-state index is 0.173. The maximum atomic E-state index is 12.8. The number of nitrogens with one attached hydrogen (secondary N) is 1. The highest BCUT2D eigenvalue weighted by Gasteiger charge is 2.16. The third-order valence-corrected chi connectivity index (χ3v) is 4.12. The van der Waals surface area contributed by atoms with Gasteiger partial charge in [-0.3, -0.25) is 9.59 Å². The largest absolute Gasteiger partial charge is 0.292 e. The predicted octanol–water partition coefficient (Wildman–Crippen LogP) is 3.98. The summed E-state index contributed by atoms with van der Waals surface area (Å²) in [5, 5.41) is 9.74. The zero-order valence-corrected chi connectivity index (χ0v) is 17.0. The van der Waals surface area contributed by atoms with Crippen LogP contribution in [0.5, 0.6) is 0 Å². The number of carbonyl (C=O) groups is 1. The number of hydrazone groups is 1. The molecule has 1 aromatic carbocycles. The summed E-state index contributed by atoms with van der Waals surface area (Å²) in [5.74, 6) is 0.538. The number of hydrogen-bond donors (Lipinski definition) is 1.